The van der Waals surface area contributed by atoms with Crippen molar-refractivity contribution in [2.75, 3.05) is 145 Å². The van der Waals surface area contributed by atoms with Crippen LogP contribution in [0.2, 0.25) is 0 Å². The predicted octanol–water partition coefficient (Wildman–Crippen LogP) is 7.80. The van der Waals surface area contributed by atoms with Crippen LogP contribution in [0.25, 0.3) is 21.8 Å². The largest absolute Gasteiger partial charge is 0.508 e. The molecule has 0 aliphatic carbocycles. The SMILES string of the molecule is Cc1c(C)n(CCCN2CCN(C)CC2)c2ccc(CN3CCN(CCc4cccc(OCc5c(C)c6cc(CN7CCN(CCc8ccc(O)cc8)CC7)ccc6n5CCCN5CCN(C)CC5)c4)CC3)cc12. The number of hydrogen-bond acceptors (Lipinski definition) is 10. The summed E-state index contributed by atoms with van der Waals surface area (Å²) in [5.41, 5.74) is 13.7. The third-order valence-corrected chi connectivity index (χ3v) is 17.5. The molecule has 12 heteroatoms. The number of phenolic OH excluding ortho intramolecular Hbond substituents is 1. The molecule has 0 saturated carbocycles. The number of ether oxygens (including phenoxy) is 1. The Morgan fingerprint density at radius 2 is 0.892 bits per heavy atom. The van der Waals surface area contributed by atoms with Crippen molar-refractivity contribution < 1.29 is 9.84 Å². The van der Waals surface area contributed by atoms with E-state index in [4.69, 9.17) is 4.74 Å². The average molecular weight is 1010 g/mol. The highest BCUT2D eigenvalue weighted by molar-refractivity contribution is 5.87. The summed E-state index contributed by atoms with van der Waals surface area (Å²) in [5.74, 6) is 1.30. The molecule has 6 aromatic rings. The maximum Gasteiger partial charge on any atom is 0.128 e. The lowest BCUT2D eigenvalue weighted by atomic mass is 10.1. The van der Waals surface area contributed by atoms with E-state index in [1.165, 1.54) is 106 Å². The minimum Gasteiger partial charge on any atom is -0.508 e. The highest BCUT2D eigenvalue weighted by Crippen LogP contribution is 2.31. The monoisotopic (exact) mass is 1000 g/mol. The van der Waals surface area contributed by atoms with Gasteiger partial charge in [0, 0.05) is 171 Å². The number of likely N-dealkylation sites (N-methyl/N-ethyl adjacent to an activating group) is 2. The lowest BCUT2D eigenvalue weighted by molar-refractivity contribution is 0.128. The van der Waals surface area contributed by atoms with Gasteiger partial charge < -0.3 is 48.4 Å². The van der Waals surface area contributed by atoms with Gasteiger partial charge in [0.1, 0.15) is 18.1 Å². The molecule has 0 radical (unpaired) electrons. The van der Waals surface area contributed by atoms with Gasteiger partial charge in [0.05, 0.1) is 5.69 Å². The first-order chi connectivity index (χ1) is 36.1. The Hall–Kier alpha value is -4.76. The van der Waals surface area contributed by atoms with Gasteiger partial charge in [-0.1, -0.05) is 36.4 Å². The Morgan fingerprint density at radius 3 is 1.46 bits per heavy atom. The van der Waals surface area contributed by atoms with Gasteiger partial charge in [-0.15, -0.1) is 0 Å². The van der Waals surface area contributed by atoms with Gasteiger partial charge >= 0.3 is 0 Å². The summed E-state index contributed by atoms with van der Waals surface area (Å²) in [6, 6.07) is 31.1. The van der Waals surface area contributed by atoms with Crippen LogP contribution in [0.4, 0.5) is 0 Å². The maximum absolute atomic E-state index is 9.67. The molecule has 0 atom stereocenters. The summed E-state index contributed by atoms with van der Waals surface area (Å²) >= 11 is 0. The van der Waals surface area contributed by atoms with Crippen molar-refractivity contribution in [1.29, 1.82) is 0 Å². The fraction of sp³-hybridized carbons (Fsp3) is 0.548. The minimum atomic E-state index is 0.338. The fourth-order valence-corrected chi connectivity index (χ4v) is 12.3. The summed E-state index contributed by atoms with van der Waals surface area (Å²) in [6.45, 7) is 34.3. The molecule has 4 aromatic carbocycles. The zero-order valence-electron chi connectivity index (χ0n) is 45.9. The number of nitrogens with zero attached hydrogens (tertiary/aromatic N) is 10. The van der Waals surface area contributed by atoms with E-state index >= 15 is 0 Å². The molecule has 2 aromatic heterocycles. The number of fused-ring (bicyclic) bond motifs is 2. The van der Waals surface area contributed by atoms with Gasteiger partial charge in [0.2, 0.25) is 0 Å². The molecule has 0 spiro atoms. The Bertz CT molecular complexity index is 2730. The second-order valence-electron chi connectivity index (χ2n) is 22.6. The highest BCUT2D eigenvalue weighted by Gasteiger charge is 2.23. The fourth-order valence-electron chi connectivity index (χ4n) is 12.3. The van der Waals surface area contributed by atoms with Gasteiger partial charge in [-0.05, 0) is 156 Å². The van der Waals surface area contributed by atoms with Crippen LogP contribution in [0, 0.1) is 20.8 Å². The van der Waals surface area contributed by atoms with Crippen molar-refractivity contribution in [1.82, 2.24) is 48.3 Å². The van der Waals surface area contributed by atoms with Crippen LogP contribution >= 0.6 is 0 Å². The Morgan fingerprint density at radius 1 is 0.432 bits per heavy atom. The number of benzene rings is 4. The molecule has 0 amide bonds. The highest BCUT2D eigenvalue weighted by atomic mass is 16.5. The molecule has 4 saturated heterocycles. The number of rotatable bonds is 21. The van der Waals surface area contributed by atoms with E-state index in [9.17, 15) is 5.11 Å². The number of hydrogen-bond donors (Lipinski definition) is 1. The van der Waals surface area contributed by atoms with Crippen LogP contribution in [-0.4, -0.2) is 198 Å². The number of aromatic hydroxyl groups is 1. The van der Waals surface area contributed by atoms with Crippen molar-refractivity contribution in [2.45, 2.75) is 79.2 Å². The molecule has 6 heterocycles. The van der Waals surface area contributed by atoms with Gasteiger partial charge in [-0.3, -0.25) is 9.80 Å². The van der Waals surface area contributed by atoms with Gasteiger partial charge in [0.25, 0.3) is 0 Å². The molecule has 4 aliphatic heterocycles. The molecule has 1 N–H and O–H groups in total. The molecule has 0 bridgehead atoms. The quantitative estimate of drug-likeness (QED) is 0.0774. The predicted molar refractivity (Wildman–Crippen MR) is 305 cm³/mol. The van der Waals surface area contributed by atoms with Crippen LogP contribution in [-0.2, 0) is 45.6 Å². The molecule has 4 fully saturated rings. The lowest BCUT2D eigenvalue weighted by Crippen LogP contribution is -2.46. The zero-order valence-corrected chi connectivity index (χ0v) is 45.9. The van der Waals surface area contributed by atoms with Crippen LogP contribution in [0.15, 0.2) is 84.9 Å². The van der Waals surface area contributed by atoms with Crippen molar-refractivity contribution in [2.24, 2.45) is 0 Å². The third-order valence-electron chi connectivity index (χ3n) is 17.5. The Balaban J connectivity index is 0.714. The molecule has 74 heavy (non-hydrogen) atoms. The Labute approximate surface area is 443 Å². The zero-order chi connectivity index (χ0) is 51.0. The smallest absolute Gasteiger partial charge is 0.128 e. The van der Waals surface area contributed by atoms with E-state index in [-0.39, 0.29) is 0 Å². The van der Waals surface area contributed by atoms with Crippen LogP contribution in [0.1, 0.15) is 57.6 Å². The number of aromatic nitrogens is 2. The molecular formula is C62H88N10O2. The minimum absolute atomic E-state index is 0.338. The number of piperazine rings is 4. The van der Waals surface area contributed by atoms with E-state index < -0.39 is 0 Å². The Kier molecular flexibility index (Phi) is 17.7. The first-order valence-corrected chi connectivity index (χ1v) is 28.5. The first kappa shape index (κ1) is 52.7. The molecule has 10 rings (SSSR count). The summed E-state index contributed by atoms with van der Waals surface area (Å²) in [7, 11) is 4.48. The van der Waals surface area contributed by atoms with E-state index in [1.54, 1.807) is 12.1 Å². The standard InChI is InChI=1S/C62H88N10O2/c1-49-51(3)71(23-7-21-65-31-27-63(4)28-32-65)60-17-13-54(44-58(49)60)46-69-41-37-68(38-42-69)26-20-53-9-6-10-57(43-53)74-48-62-50(2)59-45-55(14-18-61(59)72(62)24-8-22-66-33-29-64(5)30-34-66)47-70-39-35-67(36-40-70)25-19-52-11-15-56(73)16-12-52/h6,9-18,43-45,73H,7-8,19-42,46-48H2,1-5H3. The molecule has 398 valence electrons. The second-order valence-corrected chi connectivity index (χ2v) is 22.6. The van der Waals surface area contributed by atoms with Crippen LogP contribution in [0.5, 0.6) is 11.5 Å². The van der Waals surface area contributed by atoms with Gasteiger partial charge in [-0.2, -0.15) is 0 Å². The summed E-state index contributed by atoms with van der Waals surface area (Å²) in [6.07, 6.45) is 4.38. The van der Waals surface area contributed by atoms with Crippen LogP contribution in [0.3, 0.4) is 0 Å². The topological polar surface area (TPSA) is 65.2 Å². The van der Waals surface area contributed by atoms with Gasteiger partial charge in [0.15, 0.2) is 0 Å². The maximum atomic E-state index is 9.67. The van der Waals surface area contributed by atoms with Crippen molar-refractivity contribution in [3.63, 3.8) is 0 Å². The van der Waals surface area contributed by atoms with E-state index in [0.29, 0.717) is 12.4 Å². The second kappa shape index (κ2) is 24.9. The van der Waals surface area contributed by atoms with E-state index in [2.05, 4.69) is 144 Å². The van der Waals surface area contributed by atoms with Gasteiger partial charge in [-0.25, -0.2) is 0 Å². The molecule has 12 nitrogen and oxygen atoms in total. The number of phenols is 1. The first-order valence-electron chi connectivity index (χ1n) is 28.5. The van der Waals surface area contributed by atoms with E-state index in [1.807, 2.05) is 12.1 Å². The lowest BCUT2D eigenvalue weighted by Gasteiger charge is -2.34. The average Bonchev–Trinajstić information content (AvgIpc) is 3.82. The number of aryl methyl sites for hydroxylation is 4. The summed E-state index contributed by atoms with van der Waals surface area (Å²) in [5, 5.41) is 12.5. The van der Waals surface area contributed by atoms with E-state index in [0.717, 1.165) is 149 Å². The van der Waals surface area contributed by atoms with Crippen LogP contribution < -0.4 is 4.74 Å². The molecular weight excluding hydrogens is 917 g/mol. The normalized spacial score (nSPS) is 18.9. The molecule has 4 aliphatic rings. The molecule has 0 unspecified atom stereocenters. The van der Waals surface area contributed by atoms with Crippen molar-refractivity contribution in [3.05, 3.63) is 130 Å². The van der Waals surface area contributed by atoms with Crippen molar-refractivity contribution in [3.8, 4) is 11.5 Å². The van der Waals surface area contributed by atoms with Crippen molar-refractivity contribution >= 4 is 21.8 Å². The summed E-state index contributed by atoms with van der Waals surface area (Å²) < 4.78 is 11.9. The third kappa shape index (κ3) is 13.4. The summed E-state index contributed by atoms with van der Waals surface area (Å²) in [4.78, 5) is 20.7.